The zero-order valence-electron chi connectivity index (χ0n) is 17.8. The zero-order chi connectivity index (χ0) is 22.0. The minimum atomic E-state index is -0.215. The Morgan fingerprint density at radius 2 is 1.81 bits per heavy atom. The summed E-state index contributed by atoms with van der Waals surface area (Å²) in [7, 11) is 0. The first-order valence-electron chi connectivity index (χ1n) is 10.2. The molecule has 0 spiro atoms. The lowest BCUT2D eigenvalue weighted by Gasteiger charge is -2.10. The number of carbonyl (C=O) groups is 1. The molecule has 4 rings (SSSR count). The number of benzene rings is 2. The van der Waals surface area contributed by atoms with Crippen molar-refractivity contribution in [2.24, 2.45) is 0 Å². The Kier molecular flexibility index (Phi) is 5.50. The maximum atomic E-state index is 13.3. The molecule has 0 aliphatic carbocycles. The third-order valence-corrected chi connectivity index (χ3v) is 5.26. The number of hydrogen-bond donors (Lipinski definition) is 1. The normalized spacial score (nSPS) is 10.8. The Hall–Kier alpha value is -3.98. The van der Waals surface area contributed by atoms with E-state index in [0.29, 0.717) is 29.9 Å². The first kappa shape index (κ1) is 20.3. The van der Waals surface area contributed by atoms with Crippen molar-refractivity contribution in [3.05, 3.63) is 77.0 Å². The Labute approximate surface area is 181 Å². The van der Waals surface area contributed by atoms with E-state index in [9.17, 15) is 4.79 Å². The van der Waals surface area contributed by atoms with Crippen LogP contribution in [-0.4, -0.2) is 20.7 Å². The Bertz CT molecular complexity index is 1300. The van der Waals surface area contributed by atoms with E-state index in [1.54, 1.807) is 0 Å². The fourth-order valence-corrected chi connectivity index (χ4v) is 3.62. The predicted octanol–water partition coefficient (Wildman–Crippen LogP) is 5.05. The van der Waals surface area contributed by atoms with Gasteiger partial charge in [0.05, 0.1) is 34.8 Å². The van der Waals surface area contributed by atoms with Crippen molar-refractivity contribution in [2.75, 3.05) is 5.32 Å². The highest BCUT2D eigenvalue weighted by Crippen LogP contribution is 2.28. The number of hydrogen-bond acceptors (Lipinski definition) is 4. The van der Waals surface area contributed by atoms with E-state index in [4.69, 9.17) is 10.2 Å². The molecule has 0 aliphatic rings. The Balaban J connectivity index is 1.79. The molecule has 2 heterocycles. The van der Waals surface area contributed by atoms with Crippen molar-refractivity contribution in [1.29, 1.82) is 5.26 Å². The van der Waals surface area contributed by atoms with Crippen LogP contribution in [0.4, 0.5) is 5.69 Å². The number of nitrogens with zero attached hydrogens (tertiary/aromatic N) is 4. The van der Waals surface area contributed by atoms with Crippen LogP contribution < -0.4 is 5.32 Å². The van der Waals surface area contributed by atoms with Gasteiger partial charge in [0.2, 0.25) is 0 Å². The molecule has 1 amide bonds. The van der Waals surface area contributed by atoms with Crippen LogP contribution in [0, 0.1) is 25.2 Å². The molecule has 0 saturated carbocycles. The van der Waals surface area contributed by atoms with Gasteiger partial charge >= 0.3 is 0 Å². The number of rotatable bonds is 5. The molecule has 31 heavy (non-hydrogen) atoms. The molecule has 1 N–H and O–H groups in total. The Morgan fingerprint density at radius 1 is 1.10 bits per heavy atom. The molecular weight excluding hydrogens is 386 g/mol. The van der Waals surface area contributed by atoms with Gasteiger partial charge in [-0.3, -0.25) is 4.79 Å². The molecular formula is C25H23N5O. The monoisotopic (exact) mass is 409 g/mol. The van der Waals surface area contributed by atoms with E-state index in [1.807, 2.05) is 80.1 Å². The van der Waals surface area contributed by atoms with Crippen LogP contribution in [-0.2, 0) is 13.0 Å². The highest BCUT2D eigenvalue weighted by Gasteiger charge is 2.20. The van der Waals surface area contributed by atoms with Crippen molar-refractivity contribution >= 4 is 22.6 Å². The second-order valence-corrected chi connectivity index (χ2v) is 7.51. The molecule has 0 aliphatic heterocycles. The Morgan fingerprint density at radius 3 is 2.45 bits per heavy atom. The smallest absolute Gasteiger partial charge is 0.256 e. The van der Waals surface area contributed by atoms with Gasteiger partial charge in [0, 0.05) is 17.8 Å². The van der Waals surface area contributed by atoms with Crippen LogP contribution in [0.25, 0.3) is 22.3 Å². The van der Waals surface area contributed by atoms with Crippen LogP contribution in [0.15, 0.2) is 54.6 Å². The van der Waals surface area contributed by atoms with Gasteiger partial charge in [-0.25, -0.2) is 9.67 Å². The number of aryl methyl sites for hydroxylation is 3. The number of nitrogens with one attached hydrogen (secondary N) is 1. The van der Waals surface area contributed by atoms with Gasteiger partial charge in [0.1, 0.15) is 0 Å². The van der Waals surface area contributed by atoms with Crippen LogP contribution in [0.2, 0.25) is 0 Å². The SMILES string of the molecule is CCn1nc(C)c2c(C(=O)Nc3ccc(CC#N)cc3)cc(-c3ccc(C)cc3)nc21. The molecule has 0 unspecified atom stereocenters. The second kappa shape index (κ2) is 8.41. The van der Waals surface area contributed by atoms with Crippen molar-refractivity contribution in [2.45, 2.75) is 33.7 Å². The van der Waals surface area contributed by atoms with Gasteiger partial charge in [-0.05, 0) is 44.5 Å². The quantitative estimate of drug-likeness (QED) is 0.500. The summed E-state index contributed by atoms with van der Waals surface area (Å²) in [5, 5.41) is 17.2. The lowest BCUT2D eigenvalue weighted by molar-refractivity contribution is 0.102. The van der Waals surface area contributed by atoms with E-state index in [1.165, 1.54) is 0 Å². The number of aromatic nitrogens is 3. The average Bonchev–Trinajstić information content (AvgIpc) is 3.11. The van der Waals surface area contributed by atoms with E-state index >= 15 is 0 Å². The molecule has 0 radical (unpaired) electrons. The molecule has 6 nitrogen and oxygen atoms in total. The second-order valence-electron chi connectivity index (χ2n) is 7.51. The number of pyridine rings is 1. The van der Waals surface area contributed by atoms with Crippen LogP contribution in [0.1, 0.15) is 34.1 Å². The first-order valence-corrected chi connectivity index (χ1v) is 10.2. The molecule has 2 aromatic carbocycles. The van der Waals surface area contributed by atoms with Gasteiger partial charge < -0.3 is 5.32 Å². The first-order chi connectivity index (χ1) is 15.0. The summed E-state index contributed by atoms with van der Waals surface area (Å²) in [4.78, 5) is 18.1. The van der Waals surface area contributed by atoms with Crippen molar-refractivity contribution in [1.82, 2.24) is 14.8 Å². The highest BCUT2D eigenvalue weighted by atomic mass is 16.1. The van der Waals surface area contributed by atoms with E-state index < -0.39 is 0 Å². The third-order valence-electron chi connectivity index (χ3n) is 5.26. The summed E-state index contributed by atoms with van der Waals surface area (Å²) >= 11 is 0. The third kappa shape index (κ3) is 4.03. The van der Waals surface area contributed by atoms with Gasteiger partial charge in [0.15, 0.2) is 5.65 Å². The topological polar surface area (TPSA) is 83.6 Å². The number of nitriles is 1. The highest BCUT2D eigenvalue weighted by molar-refractivity contribution is 6.13. The van der Waals surface area contributed by atoms with Crippen molar-refractivity contribution in [3.8, 4) is 17.3 Å². The number of fused-ring (bicyclic) bond motifs is 1. The van der Waals surface area contributed by atoms with Gasteiger partial charge in [-0.1, -0.05) is 42.0 Å². The number of amides is 1. The van der Waals surface area contributed by atoms with E-state index in [0.717, 1.165) is 33.5 Å². The molecule has 0 bridgehead atoms. The largest absolute Gasteiger partial charge is 0.322 e. The van der Waals surface area contributed by atoms with Gasteiger partial charge in [0.25, 0.3) is 5.91 Å². The van der Waals surface area contributed by atoms with E-state index in [2.05, 4.69) is 16.5 Å². The number of anilines is 1. The molecule has 0 atom stereocenters. The van der Waals surface area contributed by atoms with Crippen molar-refractivity contribution < 1.29 is 4.79 Å². The lowest BCUT2D eigenvalue weighted by Crippen LogP contribution is -2.13. The van der Waals surface area contributed by atoms with Crippen LogP contribution >= 0.6 is 0 Å². The average molecular weight is 409 g/mol. The minimum absolute atomic E-state index is 0.215. The van der Waals surface area contributed by atoms with E-state index in [-0.39, 0.29) is 5.91 Å². The summed E-state index contributed by atoms with van der Waals surface area (Å²) < 4.78 is 1.83. The van der Waals surface area contributed by atoms with Gasteiger partial charge in [-0.15, -0.1) is 0 Å². The van der Waals surface area contributed by atoms with Gasteiger partial charge in [-0.2, -0.15) is 10.4 Å². The predicted molar refractivity (Wildman–Crippen MR) is 122 cm³/mol. The summed E-state index contributed by atoms with van der Waals surface area (Å²) in [6.07, 6.45) is 0.342. The molecule has 6 heteroatoms. The summed E-state index contributed by atoms with van der Waals surface area (Å²) in [5.74, 6) is -0.215. The summed E-state index contributed by atoms with van der Waals surface area (Å²) in [6.45, 7) is 6.61. The summed E-state index contributed by atoms with van der Waals surface area (Å²) in [6, 6.07) is 19.4. The van der Waals surface area contributed by atoms with Crippen LogP contribution in [0.5, 0.6) is 0 Å². The maximum Gasteiger partial charge on any atom is 0.256 e. The summed E-state index contributed by atoms with van der Waals surface area (Å²) in [5.41, 5.74) is 6.45. The molecule has 4 aromatic rings. The fourth-order valence-electron chi connectivity index (χ4n) is 3.62. The van der Waals surface area contributed by atoms with Crippen LogP contribution in [0.3, 0.4) is 0 Å². The number of carbonyl (C=O) groups excluding carboxylic acids is 1. The maximum absolute atomic E-state index is 13.3. The molecule has 0 fully saturated rings. The standard InChI is InChI=1S/C25H23N5O/c1-4-30-24-23(17(3)29-30)21(15-22(28-24)19-9-5-16(2)6-10-19)25(31)27-20-11-7-18(8-12-20)13-14-26/h5-12,15H,4,13H2,1-3H3,(H,27,31). The minimum Gasteiger partial charge on any atom is -0.322 e. The molecule has 2 aromatic heterocycles. The molecule has 0 saturated heterocycles. The lowest BCUT2D eigenvalue weighted by atomic mass is 10.0. The fraction of sp³-hybridized carbons (Fsp3) is 0.200. The molecule has 154 valence electrons. The van der Waals surface area contributed by atoms with Crippen molar-refractivity contribution in [3.63, 3.8) is 0 Å². The zero-order valence-corrected chi connectivity index (χ0v) is 17.8.